The first kappa shape index (κ1) is 9.52. The molecule has 1 nitrogen and oxygen atoms in total. The van der Waals surface area contributed by atoms with Gasteiger partial charge >= 0.3 is 0 Å². The quantitative estimate of drug-likeness (QED) is 0.796. The lowest BCUT2D eigenvalue weighted by molar-refractivity contribution is 0.477. The Morgan fingerprint density at radius 1 is 0.929 bits per heavy atom. The second kappa shape index (κ2) is 4.00. The van der Waals surface area contributed by atoms with Gasteiger partial charge in [-0.15, -0.1) is 0 Å². The van der Waals surface area contributed by atoms with Crippen molar-refractivity contribution in [2.75, 3.05) is 0 Å². The number of rotatable bonds is 1. The molecule has 14 heavy (non-hydrogen) atoms. The van der Waals surface area contributed by atoms with E-state index < -0.39 is 0 Å². The van der Waals surface area contributed by atoms with Gasteiger partial charge in [-0.05, 0) is 46.4 Å². The van der Waals surface area contributed by atoms with E-state index in [2.05, 4.69) is 22.6 Å². The molecule has 0 aromatic heterocycles. The molecule has 0 fully saturated rings. The fraction of sp³-hybridized carbons (Fsp3) is 0. The minimum atomic E-state index is 0.330. The zero-order valence-electron chi connectivity index (χ0n) is 7.44. The monoisotopic (exact) mass is 296 g/mol. The third kappa shape index (κ3) is 1.90. The molecule has 0 atom stereocenters. The molecule has 0 saturated heterocycles. The van der Waals surface area contributed by atoms with Crippen LogP contribution in [0.25, 0.3) is 11.1 Å². The minimum absolute atomic E-state index is 0.330. The summed E-state index contributed by atoms with van der Waals surface area (Å²) in [4.78, 5) is 0. The molecule has 1 N–H and O–H groups in total. The van der Waals surface area contributed by atoms with Crippen molar-refractivity contribution in [3.8, 4) is 16.9 Å². The molecule has 0 aliphatic carbocycles. The highest BCUT2D eigenvalue weighted by Gasteiger charge is 2.03. The van der Waals surface area contributed by atoms with Crippen LogP contribution in [0.1, 0.15) is 0 Å². The molecule has 0 radical (unpaired) electrons. The second-order valence-corrected chi connectivity index (χ2v) is 4.27. The van der Waals surface area contributed by atoms with Crippen molar-refractivity contribution in [2.24, 2.45) is 0 Å². The number of halogens is 1. The first-order valence-corrected chi connectivity index (χ1v) is 5.39. The lowest BCUT2D eigenvalue weighted by atomic mass is 10.1. The summed E-state index contributed by atoms with van der Waals surface area (Å²) in [7, 11) is 0. The number of hydrogen-bond donors (Lipinski definition) is 1. The average molecular weight is 296 g/mol. The summed E-state index contributed by atoms with van der Waals surface area (Å²) >= 11 is 2.24. The van der Waals surface area contributed by atoms with Crippen molar-refractivity contribution in [3.63, 3.8) is 0 Å². The predicted octanol–water partition coefficient (Wildman–Crippen LogP) is 3.66. The van der Waals surface area contributed by atoms with Crippen LogP contribution in [0.3, 0.4) is 0 Å². The third-order valence-corrected chi connectivity index (χ3v) is 2.71. The Morgan fingerprint density at radius 2 is 1.64 bits per heavy atom. The summed E-state index contributed by atoms with van der Waals surface area (Å²) in [5, 5.41) is 9.69. The molecule has 0 amide bonds. The van der Waals surface area contributed by atoms with Crippen LogP contribution in [0.5, 0.6) is 5.75 Å². The zero-order chi connectivity index (χ0) is 9.97. The van der Waals surface area contributed by atoms with Crippen LogP contribution in [-0.4, -0.2) is 5.11 Å². The Morgan fingerprint density at radius 3 is 2.36 bits per heavy atom. The van der Waals surface area contributed by atoms with Gasteiger partial charge in [-0.1, -0.05) is 30.3 Å². The highest BCUT2D eigenvalue weighted by atomic mass is 127. The van der Waals surface area contributed by atoms with Gasteiger partial charge in [-0.2, -0.15) is 0 Å². The molecule has 0 unspecified atom stereocenters. The Balaban J connectivity index is 2.57. The van der Waals surface area contributed by atoms with Crippen molar-refractivity contribution in [1.29, 1.82) is 0 Å². The van der Waals surface area contributed by atoms with Crippen LogP contribution in [-0.2, 0) is 0 Å². The van der Waals surface area contributed by atoms with E-state index in [0.29, 0.717) is 5.75 Å². The molecule has 0 aliphatic heterocycles. The maximum absolute atomic E-state index is 9.69. The molecule has 0 heterocycles. The largest absolute Gasteiger partial charge is 0.507 e. The molecule has 2 aromatic rings. The first-order chi connectivity index (χ1) is 6.77. The number of phenolic OH excluding ortho intramolecular Hbond substituents is 1. The van der Waals surface area contributed by atoms with Crippen molar-refractivity contribution in [1.82, 2.24) is 0 Å². The van der Waals surface area contributed by atoms with Gasteiger partial charge < -0.3 is 5.11 Å². The van der Waals surface area contributed by atoms with Crippen molar-refractivity contribution in [2.45, 2.75) is 0 Å². The Labute approximate surface area is 96.5 Å². The smallest absolute Gasteiger partial charge is 0.123 e. The average Bonchev–Trinajstić information content (AvgIpc) is 2.23. The third-order valence-electron chi connectivity index (χ3n) is 2.04. The Kier molecular flexibility index (Phi) is 2.72. The minimum Gasteiger partial charge on any atom is -0.507 e. The van der Waals surface area contributed by atoms with E-state index in [1.54, 1.807) is 6.07 Å². The lowest BCUT2D eigenvalue weighted by Gasteiger charge is -2.04. The number of benzene rings is 2. The molecule has 0 spiro atoms. The second-order valence-electron chi connectivity index (χ2n) is 3.03. The highest BCUT2D eigenvalue weighted by Crippen LogP contribution is 2.29. The van der Waals surface area contributed by atoms with Gasteiger partial charge in [0.15, 0.2) is 0 Å². The van der Waals surface area contributed by atoms with Gasteiger partial charge in [-0.3, -0.25) is 0 Å². The van der Waals surface area contributed by atoms with Gasteiger partial charge in [0.2, 0.25) is 0 Å². The standard InChI is InChI=1S/C12H9IO/c13-10-6-7-12(14)11(8-10)9-4-2-1-3-5-9/h1-8,14H. The summed E-state index contributed by atoms with van der Waals surface area (Å²) < 4.78 is 1.12. The van der Waals surface area contributed by atoms with Gasteiger partial charge in [0.05, 0.1) is 0 Å². The van der Waals surface area contributed by atoms with Gasteiger partial charge in [-0.25, -0.2) is 0 Å². The van der Waals surface area contributed by atoms with Gasteiger partial charge in [0.1, 0.15) is 5.75 Å². The maximum Gasteiger partial charge on any atom is 0.123 e. The van der Waals surface area contributed by atoms with Gasteiger partial charge in [0.25, 0.3) is 0 Å². The summed E-state index contributed by atoms with van der Waals surface area (Å²) in [6.45, 7) is 0. The topological polar surface area (TPSA) is 20.2 Å². The SMILES string of the molecule is Oc1ccc(I)cc1-c1ccccc1. The van der Waals surface area contributed by atoms with E-state index in [0.717, 1.165) is 14.7 Å². The van der Waals surface area contributed by atoms with Crippen LogP contribution >= 0.6 is 22.6 Å². The van der Waals surface area contributed by atoms with E-state index in [-0.39, 0.29) is 0 Å². The van der Waals surface area contributed by atoms with Crippen LogP contribution in [0.4, 0.5) is 0 Å². The van der Waals surface area contributed by atoms with E-state index in [1.807, 2.05) is 42.5 Å². The molecule has 70 valence electrons. The summed E-state index contributed by atoms with van der Waals surface area (Å²) in [5.74, 6) is 0.330. The van der Waals surface area contributed by atoms with Crippen LogP contribution in [0, 0.1) is 3.57 Å². The lowest BCUT2D eigenvalue weighted by Crippen LogP contribution is -1.79. The molecule has 2 heteroatoms. The number of aromatic hydroxyl groups is 1. The van der Waals surface area contributed by atoms with Crippen LogP contribution in [0.15, 0.2) is 48.5 Å². The zero-order valence-corrected chi connectivity index (χ0v) is 9.60. The fourth-order valence-corrected chi connectivity index (χ4v) is 1.85. The highest BCUT2D eigenvalue weighted by molar-refractivity contribution is 14.1. The normalized spacial score (nSPS) is 10.1. The molecular weight excluding hydrogens is 287 g/mol. The maximum atomic E-state index is 9.69. The molecule has 2 aromatic carbocycles. The van der Waals surface area contributed by atoms with Crippen molar-refractivity contribution in [3.05, 3.63) is 52.1 Å². The molecule has 0 bridgehead atoms. The van der Waals surface area contributed by atoms with E-state index >= 15 is 0 Å². The number of hydrogen-bond acceptors (Lipinski definition) is 1. The molecule has 0 aliphatic rings. The first-order valence-electron chi connectivity index (χ1n) is 4.31. The summed E-state index contributed by atoms with van der Waals surface area (Å²) in [6, 6.07) is 15.5. The molecule has 2 rings (SSSR count). The fourth-order valence-electron chi connectivity index (χ4n) is 1.36. The Hall–Kier alpha value is -1.03. The number of phenols is 1. The Bertz CT molecular complexity index is 437. The van der Waals surface area contributed by atoms with Crippen molar-refractivity contribution < 1.29 is 5.11 Å². The summed E-state index contributed by atoms with van der Waals surface area (Å²) in [5.41, 5.74) is 1.93. The molecule has 0 saturated carbocycles. The van der Waals surface area contributed by atoms with Crippen LogP contribution < -0.4 is 0 Å². The summed E-state index contributed by atoms with van der Waals surface area (Å²) in [6.07, 6.45) is 0. The van der Waals surface area contributed by atoms with Crippen molar-refractivity contribution >= 4 is 22.6 Å². The van der Waals surface area contributed by atoms with E-state index in [9.17, 15) is 5.11 Å². The van der Waals surface area contributed by atoms with Crippen LogP contribution in [0.2, 0.25) is 0 Å². The van der Waals surface area contributed by atoms with Gasteiger partial charge in [0, 0.05) is 9.13 Å². The van der Waals surface area contributed by atoms with E-state index in [1.165, 1.54) is 0 Å². The van der Waals surface area contributed by atoms with E-state index in [4.69, 9.17) is 0 Å². The molecular formula is C12H9IO. The predicted molar refractivity (Wildman–Crippen MR) is 66.3 cm³/mol.